The first-order valence-electron chi connectivity index (χ1n) is 22.6. The lowest BCUT2D eigenvalue weighted by Crippen LogP contribution is -2.57. The molecule has 0 fully saturated rings. The third-order valence-corrected chi connectivity index (χ3v) is 17.6. The minimum Gasteiger partial charge on any atom is -0.457 e. The summed E-state index contributed by atoms with van der Waals surface area (Å²) in [4.78, 5) is 4.73. The van der Waals surface area contributed by atoms with Gasteiger partial charge in [0, 0.05) is 46.9 Å². The number of aromatic nitrogens is 2. The van der Waals surface area contributed by atoms with Crippen molar-refractivity contribution in [2.75, 3.05) is 0 Å². The van der Waals surface area contributed by atoms with Gasteiger partial charge in [0.1, 0.15) is 23.0 Å². The second kappa shape index (κ2) is 15.4. The fourth-order valence-electron chi connectivity index (χ4n) is 10.9. The van der Waals surface area contributed by atoms with Crippen LogP contribution in [0.4, 0.5) is 0 Å². The number of benzene rings is 9. The number of hydrogen-bond acceptors (Lipinski definition) is 2. The molecule has 0 bridgehead atoms. The van der Waals surface area contributed by atoms with Crippen LogP contribution in [0.1, 0.15) is 11.3 Å². The number of hydrogen-bond donors (Lipinski definition) is 0. The maximum Gasteiger partial charge on any atom is 0.260 e. The zero-order valence-electron chi connectivity index (χ0n) is 36.6. The number of ether oxygens (including phenoxy) is 2. The second-order valence-corrected chi connectivity index (χ2v) is 20.2. The molecular weight excluding hydrogens is 836 g/mol. The third-order valence-electron chi connectivity index (χ3n) is 13.7. The van der Waals surface area contributed by atoms with E-state index in [1.807, 2.05) is 0 Å². The molecule has 316 valence electrons. The number of terminal acetylenes is 1. The van der Waals surface area contributed by atoms with Crippen molar-refractivity contribution in [3.8, 4) is 46.7 Å². The SMILES string of the molecule is C#C/C=C\c1c(C)c2ccccc2n1-c1ccc2c(c1)c1ccccc1n2-c1cc(S(c2ccccc2)(c2ccccc2)c2ccccc2)c2c3c1Oc1ccccc1B3c1ccccc1O2. The lowest BCUT2D eigenvalue weighted by molar-refractivity contribution is 0.455. The highest BCUT2D eigenvalue weighted by molar-refractivity contribution is 8.34. The van der Waals surface area contributed by atoms with Gasteiger partial charge in [-0.3, -0.25) is 0 Å². The molecule has 0 atom stereocenters. The fraction of sp³-hybridized carbons (Fsp3) is 0.0164. The Morgan fingerprint density at radius 2 is 1.01 bits per heavy atom. The molecule has 0 spiro atoms. The second-order valence-electron chi connectivity index (χ2n) is 17.1. The first kappa shape index (κ1) is 39.0. The van der Waals surface area contributed by atoms with E-state index in [2.05, 4.69) is 240 Å². The Bertz CT molecular complexity index is 3740. The Hall–Kier alpha value is -8.37. The van der Waals surface area contributed by atoms with E-state index in [1.54, 1.807) is 6.08 Å². The molecule has 0 unspecified atom stereocenters. The number of aryl methyl sites for hydroxylation is 1. The average molecular weight is 877 g/mol. The van der Waals surface area contributed by atoms with Gasteiger partial charge in [-0.1, -0.05) is 133 Å². The molecule has 2 aliphatic heterocycles. The third kappa shape index (κ3) is 5.72. The molecule has 0 saturated heterocycles. The fourth-order valence-corrected chi connectivity index (χ4v) is 14.9. The molecule has 0 N–H and O–H groups in total. The van der Waals surface area contributed by atoms with Gasteiger partial charge in [-0.25, -0.2) is 0 Å². The summed E-state index contributed by atoms with van der Waals surface area (Å²) in [6.45, 7) is 2.02. The average Bonchev–Trinajstić information content (AvgIpc) is 3.87. The van der Waals surface area contributed by atoms with Gasteiger partial charge in [0.2, 0.25) is 0 Å². The van der Waals surface area contributed by atoms with Crippen molar-refractivity contribution in [3.05, 3.63) is 230 Å². The van der Waals surface area contributed by atoms with Gasteiger partial charge >= 0.3 is 0 Å². The van der Waals surface area contributed by atoms with Gasteiger partial charge in [-0.15, -0.1) is 16.5 Å². The Labute approximate surface area is 391 Å². The first-order valence-corrected chi connectivity index (χ1v) is 24.3. The molecule has 4 heterocycles. The Kier molecular flexibility index (Phi) is 8.96. The maximum absolute atomic E-state index is 7.44. The zero-order chi connectivity index (χ0) is 44.6. The summed E-state index contributed by atoms with van der Waals surface area (Å²) < 4.78 is 19.6. The van der Waals surface area contributed by atoms with Crippen LogP contribution in [0.3, 0.4) is 0 Å². The lowest BCUT2D eigenvalue weighted by atomic mass is 9.35. The number of para-hydroxylation sites is 4. The van der Waals surface area contributed by atoms with Crippen LogP contribution in [0.2, 0.25) is 0 Å². The van der Waals surface area contributed by atoms with Crippen LogP contribution in [0.25, 0.3) is 50.2 Å². The van der Waals surface area contributed by atoms with Gasteiger partial charge in [-0.05, 0) is 120 Å². The molecule has 11 aromatic rings. The molecule has 13 rings (SSSR count). The lowest BCUT2D eigenvalue weighted by Gasteiger charge is -2.45. The van der Waals surface area contributed by atoms with E-state index in [0.29, 0.717) is 0 Å². The number of nitrogens with zero attached hydrogens (tertiary/aromatic N) is 2. The first-order chi connectivity index (χ1) is 33.1. The maximum atomic E-state index is 7.44. The monoisotopic (exact) mass is 876 g/mol. The molecule has 2 aromatic heterocycles. The summed E-state index contributed by atoms with van der Waals surface area (Å²) in [5.74, 6) is 6.05. The van der Waals surface area contributed by atoms with Crippen molar-refractivity contribution in [3.63, 3.8) is 0 Å². The van der Waals surface area contributed by atoms with E-state index >= 15 is 0 Å². The molecule has 9 aromatic carbocycles. The van der Waals surface area contributed by atoms with Crippen molar-refractivity contribution in [1.29, 1.82) is 0 Å². The largest absolute Gasteiger partial charge is 0.457 e. The van der Waals surface area contributed by atoms with Crippen LogP contribution in [0, 0.1) is 19.3 Å². The summed E-state index contributed by atoms with van der Waals surface area (Å²) in [6, 6.07) is 76.7. The predicted molar refractivity (Wildman–Crippen MR) is 278 cm³/mol. The van der Waals surface area contributed by atoms with Gasteiger partial charge in [0.05, 0.1) is 27.9 Å². The zero-order valence-corrected chi connectivity index (χ0v) is 37.5. The van der Waals surface area contributed by atoms with Gasteiger partial charge < -0.3 is 18.6 Å². The molecule has 0 radical (unpaired) electrons. The molecule has 67 heavy (non-hydrogen) atoms. The van der Waals surface area contributed by atoms with Crippen LogP contribution in [-0.2, 0) is 0 Å². The molecule has 6 heteroatoms. The van der Waals surface area contributed by atoms with Crippen LogP contribution < -0.4 is 25.9 Å². The molecule has 0 amide bonds. The topological polar surface area (TPSA) is 28.3 Å². The highest BCUT2D eigenvalue weighted by Gasteiger charge is 2.46. The van der Waals surface area contributed by atoms with Crippen LogP contribution in [-0.4, -0.2) is 15.8 Å². The highest BCUT2D eigenvalue weighted by atomic mass is 32.3. The number of allylic oxidation sites excluding steroid dienone is 1. The van der Waals surface area contributed by atoms with E-state index in [4.69, 9.17) is 15.9 Å². The Balaban J connectivity index is 1.19. The molecule has 0 aliphatic carbocycles. The molecule has 0 saturated carbocycles. The van der Waals surface area contributed by atoms with Crippen LogP contribution >= 0.6 is 10.0 Å². The Morgan fingerprint density at radius 1 is 0.507 bits per heavy atom. The van der Waals surface area contributed by atoms with Crippen LogP contribution in [0.5, 0.6) is 23.0 Å². The van der Waals surface area contributed by atoms with Crippen LogP contribution in [0.15, 0.2) is 238 Å². The van der Waals surface area contributed by atoms with E-state index in [-0.39, 0.29) is 6.71 Å². The number of fused-ring (bicyclic) bond motifs is 8. The highest BCUT2D eigenvalue weighted by Crippen LogP contribution is 2.76. The quantitative estimate of drug-likeness (QED) is 0.118. The van der Waals surface area contributed by atoms with E-state index in [9.17, 15) is 0 Å². The van der Waals surface area contributed by atoms with E-state index in [1.165, 1.54) is 25.6 Å². The van der Waals surface area contributed by atoms with Gasteiger partial charge in [0.15, 0.2) is 0 Å². The van der Waals surface area contributed by atoms with Crippen molar-refractivity contribution < 1.29 is 9.47 Å². The summed E-state index contributed by atoms with van der Waals surface area (Å²) in [5, 5.41) is 3.46. The van der Waals surface area contributed by atoms with Gasteiger partial charge in [-0.2, -0.15) is 0 Å². The normalized spacial score (nSPS) is 12.9. The molecular formula is C61H41BN2O2S. The number of rotatable bonds is 7. The standard InChI is InChI=1S/C61H41BN2O2S/c1-3-4-32-51-41(2)46-28-14-18-33-52(46)63(51)42-37-38-54-48(39-42)47-29-15-19-34-53(47)64(54)55-40-58(67(43-22-8-5-9-23-43,44-24-10-6-11-25-44)45-26-12-7-13-27-45)61-59-60(55)65-56-35-20-16-30-49(56)62(59)50-31-17-21-36-57(50)66-61/h1,4-40H,2H3/b32-4-. The summed E-state index contributed by atoms with van der Waals surface area (Å²) in [6.07, 6.45) is 9.64. The Morgan fingerprint density at radius 3 is 1.63 bits per heavy atom. The van der Waals surface area contributed by atoms with Crippen molar-refractivity contribution >= 4 is 71.9 Å². The molecule has 4 nitrogen and oxygen atoms in total. The van der Waals surface area contributed by atoms with Gasteiger partial charge in [0.25, 0.3) is 6.71 Å². The van der Waals surface area contributed by atoms with Crippen molar-refractivity contribution in [2.45, 2.75) is 26.5 Å². The van der Waals surface area contributed by atoms with E-state index in [0.717, 1.165) is 88.7 Å². The minimum absolute atomic E-state index is 0.155. The van der Waals surface area contributed by atoms with Crippen molar-refractivity contribution in [1.82, 2.24) is 9.13 Å². The van der Waals surface area contributed by atoms with E-state index < -0.39 is 10.0 Å². The van der Waals surface area contributed by atoms with Crippen molar-refractivity contribution in [2.24, 2.45) is 0 Å². The summed E-state index contributed by atoms with van der Waals surface area (Å²) in [5.41, 5.74) is 10.8. The summed E-state index contributed by atoms with van der Waals surface area (Å²) >= 11 is 0. The summed E-state index contributed by atoms with van der Waals surface area (Å²) in [7, 11) is -2.27. The minimum atomic E-state index is -2.27. The smallest absolute Gasteiger partial charge is 0.260 e. The predicted octanol–water partition coefficient (Wildman–Crippen LogP) is 13.8. The molecule has 2 aliphatic rings.